The molecule has 2 fully saturated rings. The Balaban J connectivity index is 1.41. The molecule has 0 aromatic heterocycles. The fourth-order valence-corrected chi connectivity index (χ4v) is 4.84. The lowest BCUT2D eigenvalue weighted by molar-refractivity contribution is 0.0581. The fraction of sp³-hybridized carbons (Fsp3) is 0.684. The number of aryl methyl sites for hydroxylation is 1. The van der Waals surface area contributed by atoms with Gasteiger partial charge in [0, 0.05) is 24.8 Å². The summed E-state index contributed by atoms with van der Waals surface area (Å²) in [6.45, 7) is 3.84. The number of hydrogen-bond donors (Lipinski definition) is 1. The highest BCUT2D eigenvalue weighted by Crippen LogP contribution is 2.37. The monoisotopic (exact) mass is 284 g/mol. The molecule has 1 aliphatic carbocycles. The largest absolute Gasteiger partial charge is 0.383 e. The molecule has 4 rings (SSSR count). The molecule has 1 aromatic carbocycles. The van der Waals surface area contributed by atoms with Gasteiger partial charge < -0.3 is 5.32 Å². The zero-order valence-corrected chi connectivity index (χ0v) is 13.1. The highest BCUT2D eigenvalue weighted by atomic mass is 15.2. The number of rotatable bonds is 1. The molecule has 1 N–H and O–H groups in total. The van der Waals surface area contributed by atoms with Gasteiger partial charge in [-0.05, 0) is 55.7 Å². The average Bonchev–Trinajstić information content (AvgIpc) is 2.77. The summed E-state index contributed by atoms with van der Waals surface area (Å²) in [5, 5.41) is 3.70. The van der Waals surface area contributed by atoms with Crippen molar-refractivity contribution in [1.82, 2.24) is 4.90 Å². The van der Waals surface area contributed by atoms with E-state index in [1.54, 1.807) is 0 Å². The first-order chi connectivity index (χ1) is 10.4. The molecule has 0 bridgehead atoms. The van der Waals surface area contributed by atoms with Crippen LogP contribution >= 0.6 is 0 Å². The summed E-state index contributed by atoms with van der Waals surface area (Å²) in [4.78, 5) is 2.81. The molecule has 0 radical (unpaired) electrons. The van der Waals surface area contributed by atoms with Crippen LogP contribution in [0.5, 0.6) is 0 Å². The lowest BCUT2D eigenvalue weighted by Gasteiger charge is -2.44. The Morgan fingerprint density at radius 2 is 1.81 bits per heavy atom. The molecule has 2 heterocycles. The van der Waals surface area contributed by atoms with Gasteiger partial charge in [0.1, 0.15) is 0 Å². The zero-order valence-electron chi connectivity index (χ0n) is 13.1. The molecule has 1 saturated carbocycles. The normalized spacial score (nSPS) is 33.4. The highest BCUT2D eigenvalue weighted by molar-refractivity contribution is 5.52. The second kappa shape index (κ2) is 6.00. The van der Waals surface area contributed by atoms with Gasteiger partial charge in [0.2, 0.25) is 0 Å². The van der Waals surface area contributed by atoms with Crippen LogP contribution in [-0.2, 0) is 6.42 Å². The number of nitrogens with zero attached hydrogens (tertiary/aromatic N) is 1. The first-order valence-corrected chi connectivity index (χ1v) is 8.96. The fourth-order valence-electron chi connectivity index (χ4n) is 4.84. The standard InChI is InChI=1S/C19H28N2/c1-2-7-17-14-21(12-11-15(17)5-1)18-10-9-16-6-3-4-8-19(16)20-13-18/h3-4,6,8,15,17-18,20H,1-2,5,7,9-14H2. The van der Waals surface area contributed by atoms with E-state index in [0.717, 1.165) is 24.4 Å². The molecular formula is C19H28N2. The summed E-state index contributed by atoms with van der Waals surface area (Å²) in [5.74, 6) is 2.05. The molecule has 2 nitrogen and oxygen atoms in total. The third-order valence-electron chi connectivity index (χ3n) is 6.13. The molecule has 0 amide bonds. The summed E-state index contributed by atoms with van der Waals surface area (Å²) < 4.78 is 0. The van der Waals surface area contributed by atoms with Crippen LogP contribution in [0, 0.1) is 11.8 Å². The number of anilines is 1. The lowest BCUT2D eigenvalue weighted by atomic mass is 9.75. The molecule has 3 atom stereocenters. The van der Waals surface area contributed by atoms with Gasteiger partial charge in [0.15, 0.2) is 0 Å². The molecule has 114 valence electrons. The van der Waals surface area contributed by atoms with Crippen molar-refractivity contribution in [1.29, 1.82) is 0 Å². The minimum Gasteiger partial charge on any atom is -0.383 e. The number of fused-ring (bicyclic) bond motifs is 2. The van der Waals surface area contributed by atoms with Crippen LogP contribution < -0.4 is 5.32 Å². The van der Waals surface area contributed by atoms with Gasteiger partial charge in [-0.2, -0.15) is 0 Å². The SMILES string of the molecule is c1ccc2c(c1)CCC(N1CCC3CCCCC3C1)CN2. The maximum atomic E-state index is 3.70. The third-order valence-corrected chi connectivity index (χ3v) is 6.13. The topological polar surface area (TPSA) is 15.3 Å². The van der Waals surface area contributed by atoms with Crippen molar-refractivity contribution in [2.75, 3.05) is 25.0 Å². The van der Waals surface area contributed by atoms with Crippen molar-refractivity contribution in [2.45, 2.75) is 51.0 Å². The van der Waals surface area contributed by atoms with Gasteiger partial charge in [0.05, 0.1) is 0 Å². The lowest BCUT2D eigenvalue weighted by Crippen LogP contribution is -2.48. The van der Waals surface area contributed by atoms with Crippen LogP contribution in [0.4, 0.5) is 5.69 Å². The smallest absolute Gasteiger partial charge is 0.0373 e. The number of hydrogen-bond acceptors (Lipinski definition) is 2. The van der Waals surface area contributed by atoms with E-state index in [4.69, 9.17) is 0 Å². The van der Waals surface area contributed by atoms with E-state index in [-0.39, 0.29) is 0 Å². The molecule has 3 unspecified atom stereocenters. The van der Waals surface area contributed by atoms with Crippen molar-refractivity contribution < 1.29 is 0 Å². The predicted molar refractivity (Wildman–Crippen MR) is 88.7 cm³/mol. The quantitative estimate of drug-likeness (QED) is 0.840. The Kier molecular flexibility index (Phi) is 3.89. The summed E-state index contributed by atoms with van der Waals surface area (Å²) in [6.07, 6.45) is 9.97. The summed E-state index contributed by atoms with van der Waals surface area (Å²) in [5.41, 5.74) is 2.88. The van der Waals surface area contributed by atoms with Gasteiger partial charge in [-0.3, -0.25) is 4.90 Å². The Morgan fingerprint density at radius 1 is 0.952 bits per heavy atom. The minimum absolute atomic E-state index is 0.736. The molecule has 2 aliphatic heterocycles. The summed E-state index contributed by atoms with van der Waals surface area (Å²) in [7, 11) is 0. The minimum atomic E-state index is 0.736. The summed E-state index contributed by atoms with van der Waals surface area (Å²) in [6, 6.07) is 9.59. The molecule has 3 aliphatic rings. The van der Waals surface area contributed by atoms with Crippen LogP contribution in [0.1, 0.15) is 44.1 Å². The molecule has 1 aromatic rings. The van der Waals surface area contributed by atoms with E-state index in [0.29, 0.717) is 0 Å². The van der Waals surface area contributed by atoms with Gasteiger partial charge in [-0.1, -0.05) is 37.5 Å². The van der Waals surface area contributed by atoms with Crippen molar-refractivity contribution in [3.05, 3.63) is 29.8 Å². The van der Waals surface area contributed by atoms with Crippen LogP contribution in [0.2, 0.25) is 0 Å². The van der Waals surface area contributed by atoms with Gasteiger partial charge in [-0.25, -0.2) is 0 Å². The maximum absolute atomic E-state index is 3.70. The highest BCUT2D eigenvalue weighted by Gasteiger charge is 2.34. The molecule has 0 spiro atoms. The van der Waals surface area contributed by atoms with E-state index in [1.165, 1.54) is 69.3 Å². The number of nitrogens with one attached hydrogen (secondary N) is 1. The molecular weight excluding hydrogens is 256 g/mol. The zero-order chi connectivity index (χ0) is 14.1. The number of benzene rings is 1. The van der Waals surface area contributed by atoms with Gasteiger partial charge in [0.25, 0.3) is 0 Å². The van der Waals surface area contributed by atoms with Crippen LogP contribution in [-0.4, -0.2) is 30.6 Å². The molecule has 1 saturated heterocycles. The second-order valence-electron chi connectivity index (χ2n) is 7.32. The Bertz CT molecular complexity index is 457. The maximum Gasteiger partial charge on any atom is 0.0373 e. The van der Waals surface area contributed by atoms with Crippen LogP contribution in [0.25, 0.3) is 0 Å². The van der Waals surface area contributed by atoms with E-state index in [1.807, 2.05) is 0 Å². The number of piperidine rings is 1. The third kappa shape index (κ3) is 2.83. The Hall–Kier alpha value is -1.02. The molecule has 2 heteroatoms. The van der Waals surface area contributed by atoms with Crippen molar-refractivity contribution in [3.8, 4) is 0 Å². The number of para-hydroxylation sites is 1. The Labute approximate surface area is 128 Å². The number of likely N-dealkylation sites (tertiary alicyclic amines) is 1. The molecule has 21 heavy (non-hydrogen) atoms. The Morgan fingerprint density at radius 3 is 2.76 bits per heavy atom. The van der Waals surface area contributed by atoms with Crippen molar-refractivity contribution in [3.63, 3.8) is 0 Å². The van der Waals surface area contributed by atoms with E-state index in [9.17, 15) is 0 Å². The average molecular weight is 284 g/mol. The summed E-state index contributed by atoms with van der Waals surface area (Å²) >= 11 is 0. The predicted octanol–water partition coefficient (Wildman–Crippen LogP) is 3.93. The van der Waals surface area contributed by atoms with E-state index < -0.39 is 0 Å². The second-order valence-corrected chi connectivity index (χ2v) is 7.32. The van der Waals surface area contributed by atoms with Gasteiger partial charge >= 0.3 is 0 Å². The van der Waals surface area contributed by atoms with Crippen molar-refractivity contribution >= 4 is 5.69 Å². The first kappa shape index (κ1) is 13.6. The first-order valence-electron chi connectivity index (χ1n) is 8.96. The van der Waals surface area contributed by atoms with Crippen LogP contribution in [0.3, 0.4) is 0 Å². The van der Waals surface area contributed by atoms with Crippen molar-refractivity contribution in [2.24, 2.45) is 11.8 Å². The van der Waals surface area contributed by atoms with E-state index >= 15 is 0 Å². The van der Waals surface area contributed by atoms with Crippen LogP contribution in [0.15, 0.2) is 24.3 Å². The van der Waals surface area contributed by atoms with E-state index in [2.05, 4.69) is 34.5 Å². The van der Waals surface area contributed by atoms with Gasteiger partial charge in [-0.15, -0.1) is 0 Å².